The van der Waals surface area contributed by atoms with Crippen molar-refractivity contribution in [2.45, 2.75) is 26.7 Å². The zero-order valence-electron chi connectivity index (χ0n) is 11.7. The van der Waals surface area contributed by atoms with Gasteiger partial charge in [0.1, 0.15) is 0 Å². The van der Waals surface area contributed by atoms with Crippen molar-refractivity contribution in [2.24, 2.45) is 0 Å². The smallest absolute Gasteiger partial charge is 0.230 e. The highest BCUT2D eigenvalue weighted by Gasteiger charge is 2.15. The Labute approximate surface area is 117 Å². The van der Waals surface area contributed by atoms with Gasteiger partial charge in [-0.15, -0.1) is 0 Å². The molecule has 0 fully saturated rings. The molecule has 106 valence electrons. The number of aromatic nitrogens is 3. The predicted octanol–water partition coefficient (Wildman–Crippen LogP) is 1.41. The van der Waals surface area contributed by atoms with Crippen LogP contribution in [0, 0.1) is 6.92 Å². The van der Waals surface area contributed by atoms with E-state index < -0.39 is 0 Å². The predicted molar refractivity (Wildman–Crippen MR) is 72.9 cm³/mol. The number of amides is 1. The van der Waals surface area contributed by atoms with E-state index in [9.17, 15) is 4.79 Å². The van der Waals surface area contributed by atoms with Crippen LogP contribution in [0.4, 0.5) is 0 Å². The molecule has 0 aliphatic carbocycles. The first-order valence-electron chi connectivity index (χ1n) is 6.65. The van der Waals surface area contributed by atoms with E-state index in [2.05, 4.69) is 15.1 Å². The van der Waals surface area contributed by atoms with Crippen molar-refractivity contribution in [3.63, 3.8) is 0 Å². The van der Waals surface area contributed by atoms with Gasteiger partial charge < -0.3 is 9.42 Å². The number of hydrogen-bond donors (Lipinski definition) is 0. The molecule has 0 saturated heterocycles. The van der Waals surface area contributed by atoms with Crippen LogP contribution < -0.4 is 0 Å². The van der Waals surface area contributed by atoms with E-state index in [4.69, 9.17) is 4.52 Å². The molecule has 0 aliphatic heterocycles. The van der Waals surface area contributed by atoms with Crippen molar-refractivity contribution in [1.29, 1.82) is 0 Å². The topological polar surface area (TPSA) is 72.1 Å². The van der Waals surface area contributed by atoms with Crippen molar-refractivity contribution in [1.82, 2.24) is 20.0 Å². The SMILES string of the molecule is CCN(CCc1ccncc1)C(=O)Cc1noc(C)n1. The third kappa shape index (κ3) is 3.88. The van der Waals surface area contributed by atoms with Gasteiger partial charge in [-0.05, 0) is 31.0 Å². The first-order valence-corrected chi connectivity index (χ1v) is 6.65. The summed E-state index contributed by atoms with van der Waals surface area (Å²) >= 11 is 0. The highest BCUT2D eigenvalue weighted by atomic mass is 16.5. The molecule has 6 heteroatoms. The van der Waals surface area contributed by atoms with Crippen LogP contribution in [-0.2, 0) is 17.6 Å². The maximum atomic E-state index is 12.2. The van der Waals surface area contributed by atoms with Gasteiger partial charge in [0.05, 0.1) is 6.42 Å². The maximum absolute atomic E-state index is 12.2. The van der Waals surface area contributed by atoms with E-state index in [1.807, 2.05) is 19.1 Å². The van der Waals surface area contributed by atoms with Gasteiger partial charge in [0.25, 0.3) is 0 Å². The number of rotatable bonds is 6. The van der Waals surface area contributed by atoms with Gasteiger partial charge in [-0.2, -0.15) is 4.98 Å². The lowest BCUT2D eigenvalue weighted by Gasteiger charge is -2.20. The number of nitrogens with zero attached hydrogens (tertiary/aromatic N) is 4. The number of carbonyl (C=O) groups is 1. The van der Waals surface area contributed by atoms with Crippen LogP contribution in [0.2, 0.25) is 0 Å². The molecule has 1 amide bonds. The molecule has 0 radical (unpaired) electrons. The summed E-state index contributed by atoms with van der Waals surface area (Å²) in [5.74, 6) is 0.935. The molecular formula is C14H18N4O2. The Morgan fingerprint density at radius 2 is 2.10 bits per heavy atom. The lowest BCUT2D eigenvalue weighted by atomic mass is 10.2. The van der Waals surface area contributed by atoms with Crippen LogP contribution in [0.15, 0.2) is 29.0 Å². The summed E-state index contributed by atoms with van der Waals surface area (Å²) < 4.78 is 4.87. The number of pyridine rings is 1. The van der Waals surface area contributed by atoms with Gasteiger partial charge >= 0.3 is 0 Å². The third-order valence-electron chi connectivity index (χ3n) is 3.03. The molecule has 2 heterocycles. The number of hydrogen-bond acceptors (Lipinski definition) is 5. The Bertz CT molecular complexity index is 553. The van der Waals surface area contributed by atoms with Crippen LogP contribution in [0.25, 0.3) is 0 Å². The maximum Gasteiger partial charge on any atom is 0.230 e. The summed E-state index contributed by atoms with van der Waals surface area (Å²) in [6, 6.07) is 3.92. The van der Waals surface area contributed by atoms with Gasteiger partial charge in [0, 0.05) is 32.4 Å². The van der Waals surface area contributed by atoms with Crippen molar-refractivity contribution in [2.75, 3.05) is 13.1 Å². The second kappa shape index (κ2) is 6.79. The van der Waals surface area contributed by atoms with Crippen molar-refractivity contribution < 1.29 is 9.32 Å². The minimum atomic E-state index is 0.0161. The number of aryl methyl sites for hydroxylation is 1. The van der Waals surface area contributed by atoms with Gasteiger partial charge in [-0.1, -0.05) is 5.16 Å². The van der Waals surface area contributed by atoms with Gasteiger partial charge in [0.15, 0.2) is 5.82 Å². The monoisotopic (exact) mass is 274 g/mol. The summed E-state index contributed by atoms with van der Waals surface area (Å²) in [5.41, 5.74) is 1.17. The highest BCUT2D eigenvalue weighted by molar-refractivity contribution is 5.77. The van der Waals surface area contributed by atoms with Crippen molar-refractivity contribution in [3.05, 3.63) is 41.8 Å². The van der Waals surface area contributed by atoms with Crippen LogP contribution in [0.5, 0.6) is 0 Å². The molecule has 0 aromatic carbocycles. The van der Waals surface area contributed by atoms with Crippen LogP contribution >= 0.6 is 0 Å². The zero-order chi connectivity index (χ0) is 14.4. The quantitative estimate of drug-likeness (QED) is 0.796. The molecule has 20 heavy (non-hydrogen) atoms. The molecule has 0 bridgehead atoms. The molecule has 2 rings (SSSR count). The largest absolute Gasteiger partial charge is 0.342 e. The summed E-state index contributed by atoms with van der Waals surface area (Å²) in [4.78, 5) is 22.0. The van der Waals surface area contributed by atoms with E-state index in [0.29, 0.717) is 24.8 Å². The summed E-state index contributed by atoms with van der Waals surface area (Å²) in [6.07, 6.45) is 4.51. The minimum absolute atomic E-state index is 0.0161. The Morgan fingerprint density at radius 1 is 1.35 bits per heavy atom. The summed E-state index contributed by atoms with van der Waals surface area (Å²) in [6.45, 7) is 5.02. The van der Waals surface area contributed by atoms with Crippen LogP contribution in [0.1, 0.15) is 24.2 Å². The zero-order valence-corrected chi connectivity index (χ0v) is 11.7. The van der Waals surface area contributed by atoms with Crippen LogP contribution in [-0.4, -0.2) is 39.0 Å². The molecule has 0 spiro atoms. The van der Waals surface area contributed by atoms with Gasteiger partial charge in [0.2, 0.25) is 11.8 Å². The average molecular weight is 274 g/mol. The van der Waals surface area contributed by atoms with Gasteiger partial charge in [-0.25, -0.2) is 0 Å². The first-order chi connectivity index (χ1) is 9.69. The van der Waals surface area contributed by atoms with Crippen molar-refractivity contribution in [3.8, 4) is 0 Å². The fraction of sp³-hybridized carbons (Fsp3) is 0.429. The third-order valence-corrected chi connectivity index (χ3v) is 3.03. The molecule has 0 N–H and O–H groups in total. The second-order valence-electron chi connectivity index (χ2n) is 4.49. The average Bonchev–Trinajstić information content (AvgIpc) is 2.86. The summed E-state index contributed by atoms with van der Waals surface area (Å²) in [7, 11) is 0. The lowest BCUT2D eigenvalue weighted by molar-refractivity contribution is -0.130. The van der Waals surface area contributed by atoms with E-state index in [1.165, 1.54) is 5.56 Å². The van der Waals surface area contributed by atoms with Crippen molar-refractivity contribution >= 4 is 5.91 Å². The number of carbonyl (C=O) groups excluding carboxylic acids is 1. The first kappa shape index (κ1) is 14.2. The Kier molecular flexibility index (Phi) is 4.81. The fourth-order valence-electron chi connectivity index (χ4n) is 1.93. The molecular weight excluding hydrogens is 256 g/mol. The van der Waals surface area contributed by atoms with E-state index in [-0.39, 0.29) is 12.3 Å². The van der Waals surface area contributed by atoms with Gasteiger partial charge in [-0.3, -0.25) is 9.78 Å². The molecule has 6 nitrogen and oxygen atoms in total. The summed E-state index contributed by atoms with van der Waals surface area (Å²) in [5, 5.41) is 3.75. The molecule has 0 atom stereocenters. The number of likely N-dealkylation sites (N-methyl/N-ethyl adjacent to an activating group) is 1. The Balaban J connectivity index is 1.89. The molecule has 0 unspecified atom stereocenters. The van der Waals surface area contributed by atoms with Crippen LogP contribution in [0.3, 0.4) is 0 Å². The molecule has 0 saturated carbocycles. The molecule has 2 aromatic heterocycles. The minimum Gasteiger partial charge on any atom is -0.342 e. The second-order valence-corrected chi connectivity index (χ2v) is 4.49. The molecule has 0 aliphatic rings. The Hall–Kier alpha value is -2.24. The normalized spacial score (nSPS) is 10.5. The molecule has 2 aromatic rings. The highest BCUT2D eigenvalue weighted by Crippen LogP contribution is 2.03. The van der Waals surface area contributed by atoms with E-state index in [0.717, 1.165) is 6.42 Å². The van der Waals surface area contributed by atoms with E-state index in [1.54, 1.807) is 24.2 Å². The lowest BCUT2D eigenvalue weighted by Crippen LogP contribution is -2.34. The standard InChI is InChI=1S/C14H18N4O2/c1-3-18(9-6-12-4-7-15-8-5-12)14(19)10-13-16-11(2)20-17-13/h4-5,7-8H,3,6,9-10H2,1-2H3. The van der Waals surface area contributed by atoms with E-state index >= 15 is 0 Å². The fourth-order valence-corrected chi connectivity index (χ4v) is 1.93. The Morgan fingerprint density at radius 3 is 2.70 bits per heavy atom.